The van der Waals surface area contributed by atoms with Gasteiger partial charge in [0.1, 0.15) is 17.0 Å². The Hall–Kier alpha value is -2.70. The summed E-state index contributed by atoms with van der Waals surface area (Å²) in [5.41, 5.74) is 1.07. The molecule has 1 aromatic heterocycles. The number of esters is 1. The third kappa shape index (κ3) is 2.51. The minimum absolute atomic E-state index is 0.0355. The highest BCUT2D eigenvalue weighted by atomic mass is 16.6. The molecule has 1 aromatic carbocycles. The van der Waals surface area contributed by atoms with Gasteiger partial charge < -0.3 is 9.26 Å². The lowest BCUT2D eigenvalue weighted by Crippen LogP contribution is -2.06. The van der Waals surface area contributed by atoms with Crippen LogP contribution in [-0.2, 0) is 4.74 Å². The molecule has 7 heteroatoms. The minimum atomic E-state index is -0.528. The van der Waals surface area contributed by atoms with Gasteiger partial charge in [0.15, 0.2) is 0 Å². The summed E-state index contributed by atoms with van der Waals surface area (Å²) in [4.78, 5) is 22.0. The summed E-state index contributed by atoms with van der Waals surface area (Å²) >= 11 is 0. The molecule has 0 unspecified atom stereocenters. The molecule has 0 N–H and O–H groups in total. The van der Waals surface area contributed by atoms with E-state index in [-0.39, 0.29) is 17.9 Å². The third-order valence-electron chi connectivity index (χ3n) is 2.69. The van der Waals surface area contributed by atoms with Gasteiger partial charge in [0.05, 0.1) is 11.5 Å². The molecule has 2 rings (SSSR count). The molecule has 0 bridgehead atoms. The first-order valence-electron chi connectivity index (χ1n) is 5.92. The summed E-state index contributed by atoms with van der Waals surface area (Å²) in [5.74, 6) is -0.184. The van der Waals surface area contributed by atoms with E-state index in [0.717, 1.165) is 0 Å². The van der Waals surface area contributed by atoms with Crippen molar-refractivity contribution in [2.45, 2.75) is 13.8 Å². The van der Waals surface area contributed by atoms with Crippen LogP contribution >= 0.6 is 0 Å². The van der Waals surface area contributed by atoms with E-state index in [9.17, 15) is 14.9 Å². The fourth-order valence-electron chi connectivity index (χ4n) is 1.75. The largest absolute Gasteiger partial charge is 0.462 e. The van der Waals surface area contributed by atoms with Crippen LogP contribution in [0.5, 0.6) is 0 Å². The first-order chi connectivity index (χ1) is 9.54. The van der Waals surface area contributed by atoms with E-state index in [2.05, 4.69) is 5.16 Å². The Bertz CT molecular complexity index is 645. The van der Waals surface area contributed by atoms with E-state index >= 15 is 0 Å². The van der Waals surface area contributed by atoms with Crippen molar-refractivity contribution in [1.82, 2.24) is 5.16 Å². The molecule has 1 heterocycles. The molecular weight excluding hydrogens is 264 g/mol. The second-order valence-electron chi connectivity index (χ2n) is 3.99. The summed E-state index contributed by atoms with van der Waals surface area (Å²) in [6, 6.07) is 5.71. The molecule has 0 amide bonds. The zero-order valence-corrected chi connectivity index (χ0v) is 11.0. The molecule has 0 radical (unpaired) electrons. The fourth-order valence-corrected chi connectivity index (χ4v) is 1.75. The van der Waals surface area contributed by atoms with Gasteiger partial charge in [0.25, 0.3) is 5.69 Å². The predicted molar refractivity (Wildman–Crippen MR) is 69.3 cm³/mol. The van der Waals surface area contributed by atoms with Gasteiger partial charge in [-0.05, 0) is 26.0 Å². The van der Waals surface area contributed by atoms with Crippen molar-refractivity contribution in [3.63, 3.8) is 0 Å². The van der Waals surface area contributed by atoms with Gasteiger partial charge in [0, 0.05) is 17.7 Å². The monoisotopic (exact) mass is 276 g/mol. The number of benzene rings is 1. The number of nitrogens with zero attached hydrogens (tertiary/aromatic N) is 2. The van der Waals surface area contributed by atoms with Crippen molar-refractivity contribution in [2.24, 2.45) is 0 Å². The number of carbonyl (C=O) groups is 1. The maximum Gasteiger partial charge on any atom is 0.344 e. The number of ether oxygens (including phenoxy) is 1. The zero-order valence-electron chi connectivity index (χ0n) is 11.0. The van der Waals surface area contributed by atoms with Crippen LogP contribution in [0.2, 0.25) is 0 Å². The molecule has 2 aromatic rings. The first kappa shape index (κ1) is 13.7. The average Bonchev–Trinajstić information content (AvgIpc) is 2.81. The summed E-state index contributed by atoms with van der Waals surface area (Å²) in [6.07, 6.45) is 0. The molecule has 0 aliphatic carbocycles. The second-order valence-corrected chi connectivity index (χ2v) is 3.99. The molecular formula is C13H12N2O5. The Morgan fingerprint density at radius 2 is 2.05 bits per heavy atom. The van der Waals surface area contributed by atoms with Crippen molar-refractivity contribution in [3.8, 4) is 11.3 Å². The van der Waals surface area contributed by atoms with Crippen LogP contribution in [0.3, 0.4) is 0 Å². The van der Waals surface area contributed by atoms with E-state index in [4.69, 9.17) is 9.26 Å². The highest BCUT2D eigenvalue weighted by Gasteiger charge is 2.23. The number of hydrogen-bond acceptors (Lipinski definition) is 6. The lowest BCUT2D eigenvalue weighted by Gasteiger charge is -2.02. The Labute approximate surface area is 114 Å². The predicted octanol–water partition coefficient (Wildman–Crippen LogP) is 2.73. The highest BCUT2D eigenvalue weighted by molar-refractivity contribution is 5.97. The second kappa shape index (κ2) is 5.52. The van der Waals surface area contributed by atoms with Crippen LogP contribution in [0.4, 0.5) is 5.69 Å². The molecule has 20 heavy (non-hydrogen) atoms. The summed E-state index contributed by atoms with van der Waals surface area (Å²) < 4.78 is 9.95. The van der Waals surface area contributed by atoms with Crippen molar-refractivity contribution in [1.29, 1.82) is 0 Å². The summed E-state index contributed by atoms with van der Waals surface area (Å²) in [6.45, 7) is 3.55. The van der Waals surface area contributed by atoms with Gasteiger partial charge in [-0.15, -0.1) is 0 Å². The number of nitro groups is 1. The van der Waals surface area contributed by atoms with E-state index < -0.39 is 10.9 Å². The highest BCUT2D eigenvalue weighted by Crippen LogP contribution is 2.27. The number of hydrogen-bond donors (Lipinski definition) is 0. The van der Waals surface area contributed by atoms with Gasteiger partial charge in [-0.25, -0.2) is 4.79 Å². The quantitative estimate of drug-likeness (QED) is 0.484. The van der Waals surface area contributed by atoms with Crippen LogP contribution in [0.25, 0.3) is 11.3 Å². The van der Waals surface area contributed by atoms with Crippen LogP contribution in [-0.4, -0.2) is 22.7 Å². The molecule has 0 saturated heterocycles. The number of carbonyl (C=O) groups excluding carboxylic acids is 1. The number of nitro benzene ring substituents is 1. The summed E-state index contributed by atoms with van der Waals surface area (Å²) in [5, 5.41) is 14.4. The van der Waals surface area contributed by atoms with Gasteiger partial charge in [-0.2, -0.15) is 0 Å². The van der Waals surface area contributed by atoms with Gasteiger partial charge >= 0.3 is 5.97 Å². The SMILES string of the molecule is CCOC(=O)c1c(-c2ccc([N+](=O)[O-])cc2)noc1C. The lowest BCUT2D eigenvalue weighted by atomic mass is 10.1. The smallest absolute Gasteiger partial charge is 0.344 e. The Morgan fingerprint density at radius 1 is 1.40 bits per heavy atom. The van der Waals surface area contributed by atoms with Gasteiger partial charge in [-0.1, -0.05) is 5.16 Å². The molecule has 7 nitrogen and oxygen atoms in total. The molecule has 0 fully saturated rings. The number of aryl methyl sites for hydroxylation is 1. The van der Waals surface area contributed by atoms with Gasteiger partial charge in [-0.3, -0.25) is 10.1 Å². The van der Waals surface area contributed by atoms with Crippen molar-refractivity contribution in [3.05, 3.63) is 45.7 Å². The maximum absolute atomic E-state index is 11.9. The Kier molecular flexibility index (Phi) is 3.79. The normalized spacial score (nSPS) is 10.3. The summed E-state index contributed by atoms with van der Waals surface area (Å²) in [7, 11) is 0. The van der Waals surface area contributed by atoms with E-state index in [1.54, 1.807) is 13.8 Å². The van der Waals surface area contributed by atoms with Crippen LogP contribution in [0.15, 0.2) is 28.8 Å². The number of rotatable bonds is 4. The third-order valence-corrected chi connectivity index (χ3v) is 2.69. The fraction of sp³-hybridized carbons (Fsp3) is 0.231. The van der Waals surface area contributed by atoms with Crippen LogP contribution < -0.4 is 0 Å². The molecule has 0 aliphatic rings. The molecule has 0 aliphatic heterocycles. The molecule has 104 valence electrons. The first-order valence-corrected chi connectivity index (χ1v) is 5.92. The van der Waals surface area contributed by atoms with Crippen molar-refractivity contribution >= 4 is 11.7 Å². The number of non-ortho nitro benzene ring substituents is 1. The average molecular weight is 276 g/mol. The maximum atomic E-state index is 11.9. The minimum Gasteiger partial charge on any atom is -0.462 e. The number of aromatic nitrogens is 1. The van der Waals surface area contributed by atoms with Crippen molar-refractivity contribution in [2.75, 3.05) is 6.61 Å². The van der Waals surface area contributed by atoms with Gasteiger partial charge in [0.2, 0.25) is 0 Å². The Balaban J connectivity index is 2.42. The Morgan fingerprint density at radius 3 is 2.60 bits per heavy atom. The topological polar surface area (TPSA) is 95.5 Å². The standard InChI is InChI=1S/C13H12N2O5/c1-3-19-13(16)11-8(2)20-14-12(11)9-4-6-10(7-5-9)15(17)18/h4-7H,3H2,1-2H3. The van der Waals surface area contributed by atoms with Crippen LogP contribution in [0, 0.1) is 17.0 Å². The molecule has 0 spiro atoms. The van der Waals surface area contributed by atoms with E-state index in [0.29, 0.717) is 17.0 Å². The lowest BCUT2D eigenvalue weighted by molar-refractivity contribution is -0.384. The van der Waals surface area contributed by atoms with Crippen molar-refractivity contribution < 1.29 is 19.0 Å². The molecule has 0 saturated carbocycles. The van der Waals surface area contributed by atoms with E-state index in [1.807, 2.05) is 0 Å². The molecule has 0 atom stereocenters. The van der Waals surface area contributed by atoms with Crippen LogP contribution in [0.1, 0.15) is 23.0 Å². The zero-order chi connectivity index (χ0) is 14.7. The van der Waals surface area contributed by atoms with E-state index in [1.165, 1.54) is 24.3 Å².